The number of hydrogen-bond acceptors (Lipinski definition) is 17. The van der Waals surface area contributed by atoms with Gasteiger partial charge in [-0.05, 0) is 125 Å². The van der Waals surface area contributed by atoms with Gasteiger partial charge in [0.05, 0.1) is 86.6 Å². The van der Waals surface area contributed by atoms with E-state index in [-0.39, 0.29) is 35.2 Å². The maximum Gasteiger partial charge on any atom is 0.410 e. The Morgan fingerprint density at radius 3 is 1.65 bits per heavy atom. The molecule has 0 spiro atoms. The number of hydrogen-bond donors (Lipinski definition) is 2. The van der Waals surface area contributed by atoms with E-state index in [1.165, 1.54) is 67.7 Å². The van der Waals surface area contributed by atoms with Gasteiger partial charge in [-0.2, -0.15) is 0 Å². The molecule has 4 heterocycles. The largest absolute Gasteiger partial charge is 0.497 e. The van der Waals surface area contributed by atoms with Crippen molar-refractivity contribution in [1.82, 2.24) is 19.2 Å². The van der Waals surface area contributed by atoms with Crippen molar-refractivity contribution in [3.8, 4) is 11.5 Å². The number of nitrogens with zero attached hydrogens (tertiary/aromatic N) is 3. The highest BCUT2D eigenvalue weighted by molar-refractivity contribution is 7.89. The number of hydroxylamine groups is 2. The Labute approximate surface area is 463 Å². The van der Waals surface area contributed by atoms with Crippen molar-refractivity contribution in [2.24, 2.45) is 5.92 Å². The number of benzene rings is 4. The number of nitrogens with one attached hydrogen (secondary N) is 1. The molecule has 4 aromatic rings. The molecule has 2 N–H and O–H groups in total. The zero-order chi connectivity index (χ0) is 56.2. The summed E-state index contributed by atoms with van der Waals surface area (Å²) in [4.78, 5) is 44.1. The van der Waals surface area contributed by atoms with Crippen LogP contribution in [0.2, 0.25) is 0 Å². The standard InChI is InChI=1S/C56H74N4O17S2/c1-56(2,3)60(55(63)75-52-38-73-53-47(52)28-33-72-53)49(35-40-14-10-7-11-15-40)51(37-59(77-44-26-31-71-32-27-44)79(66,67)46-22-18-42(69-5)19-23-46)74-54(62)57-48(34-39-12-8-6-9-13-39)50(61)36-58(76-43-24-29-70-30-25-43)78(64,65)45-20-16-41(68-4)17-21-45/h6-23,43-44,47-53,61H,24-38H2,1-5H3,(H,57,62)/t47-,48-,49?,50-,51?,52-,53+/m0/s1. The summed E-state index contributed by atoms with van der Waals surface area (Å²) in [6.07, 6.45) is -5.61. The van der Waals surface area contributed by atoms with E-state index in [1.54, 1.807) is 51.1 Å². The van der Waals surface area contributed by atoms with Crippen molar-refractivity contribution in [2.75, 3.05) is 67.0 Å². The normalized spacial score (nSPS) is 20.9. The molecule has 0 radical (unpaired) electrons. The fourth-order valence-corrected chi connectivity index (χ4v) is 12.6. The predicted octanol–water partition coefficient (Wildman–Crippen LogP) is 6.28. The Morgan fingerprint density at radius 2 is 1.15 bits per heavy atom. The second-order valence-corrected chi connectivity index (χ2v) is 24.5. The van der Waals surface area contributed by atoms with Crippen LogP contribution in [0, 0.1) is 5.92 Å². The molecule has 4 aliphatic rings. The van der Waals surface area contributed by atoms with Crippen LogP contribution in [0.3, 0.4) is 0 Å². The monoisotopic (exact) mass is 1140 g/mol. The molecular formula is C56H74N4O17S2. The zero-order valence-electron chi connectivity index (χ0n) is 45.3. The number of aliphatic hydroxyl groups is 1. The minimum atomic E-state index is -4.61. The first kappa shape index (κ1) is 59.7. The van der Waals surface area contributed by atoms with E-state index >= 15 is 18.0 Å². The number of alkyl carbamates (subject to hydrolysis) is 1. The molecule has 7 atom stereocenters. The van der Waals surface area contributed by atoms with Crippen molar-refractivity contribution >= 4 is 32.2 Å². The molecule has 21 nitrogen and oxygen atoms in total. The first-order valence-electron chi connectivity index (χ1n) is 26.7. The number of carbonyl (C=O) groups is 2. The smallest absolute Gasteiger partial charge is 0.410 e. The lowest BCUT2D eigenvalue weighted by Crippen LogP contribution is -2.61. The lowest BCUT2D eigenvalue weighted by molar-refractivity contribution is -0.174. The third kappa shape index (κ3) is 15.7. The van der Waals surface area contributed by atoms with Gasteiger partial charge in [-0.1, -0.05) is 69.6 Å². The molecule has 432 valence electrons. The van der Waals surface area contributed by atoms with Crippen LogP contribution >= 0.6 is 0 Å². The Kier molecular flexibility index (Phi) is 20.7. The summed E-state index contributed by atoms with van der Waals surface area (Å²) in [5, 5.41) is 15.2. The highest BCUT2D eigenvalue weighted by atomic mass is 32.2. The lowest BCUT2D eigenvalue weighted by Gasteiger charge is -2.45. The molecule has 4 aromatic carbocycles. The number of rotatable bonds is 24. The van der Waals surface area contributed by atoms with Gasteiger partial charge in [-0.25, -0.2) is 26.4 Å². The second-order valence-electron chi connectivity index (χ2n) is 20.9. The Balaban J connectivity index is 1.19. The molecular weight excluding hydrogens is 1060 g/mol. The third-order valence-corrected chi connectivity index (χ3v) is 17.6. The van der Waals surface area contributed by atoms with Crippen LogP contribution in [-0.2, 0) is 71.0 Å². The second kappa shape index (κ2) is 27.3. The first-order valence-corrected chi connectivity index (χ1v) is 29.6. The zero-order valence-corrected chi connectivity index (χ0v) is 47.0. The van der Waals surface area contributed by atoms with Gasteiger partial charge in [-0.15, -0.1) is 0 Å². The number of amides is 2. The van der Waals surface area contributed by atoms with E-state index in [1.807, 2.05) is 30.3 Å². The van der Waals surface area contributed by atoms with Gasteiger partial charge >= 0.3 is 12.2 Å². The van der Waals surface area contributed by atoms with Crippen LogP contribution in [0.4, 0.5) is 9.59 Å². The van der Waals surface area contributed by atoms with Gasteiger partial charge < -0.3 is 48.3 Å². The summed E-state index contributed by atoms with van der Waals surface area (Å²) < 4.78 is 107. The summed E-state index contributed by atoms with van der Waals surface area (Å²) in [6.45, 7) is 5.82. The molecule has 4 saturated heterocycles. The molecule has 4 aliphatic heterocycles. The van der Waals surface area contributed by atoms with Crippen LogP contribution in [0.25, 0.3) is 0 Å². The fourth-order valence-electron chi connectivity index (χ4n) is 10.0. The molecule has 0 aliphatic carbocycles. The summed E-state index contributed by atoms with van der Waals surface area (Å²) in [5.41, 5.74) is 0.275. The van der Waals surface area contributed by atoms with E-state index in [0.29, 0.717) is 87.8 Å². The number of methoxy groups -OCH3 is 2. The predicted molar refractivity (Wildman–Crippen MR) is 287 cm³/mol. The average Bonchev–Trinajstić information content (AvgIpc) is 4.20. The topological polar surface area (TPSA) is 237 Å². The highest BCUT2D eigenvalue weighted by Crippen LogP contribution is 2.36. The van der Waals surface area contributed by atoms with E-state index in [2.05, 4.69) is 5.32 Å². The lowest BCUT2D eigenvalue weighted by atomic mass is 9.94. The van der Waals surface area contributed by atoms with Crippen molar-refractivity contribution < 1.29 is 79.1 Å². The van der Waals surface area contributed by atoms with Crippen LogP contribution in [0.15, 0.2) is 119 Å². The third-order valence-electron chi connectivity index (χ3n) is 14.3. The summed E-state index contributed by atoms with van der Waals surface area (Å²) >= 11 is 0. The van der Waals surface area contributed by atoms with Gasteiger partial charge in [0.15, 0.2) is 6.29 Å². The molecule has 79 heavy (non-hydrogen) atoms. The Morgan fingerprint density at radius 1 is 0.658 bits per heavy atom. The van der Waals surface area contributed by atoms with Gasteiger partial charge in [0.25, 0.3) is 20.0 Å². The molecule has 2 unspecified atom stereocenters. The molecule has 2 amide bonds. The number of fused-ring (bicyclic) bond motifs is 1. The summed E-state index contributed by atoms with van der Waals surface area (Å²) in [5.74, 6) is 0.597. The maximum absolute atomic E-state index is 15.2. The van der Waals surface area contributed by atoms with Gasteiger partial charge in [0.1, 0.15) is 23.7 Å². The van der Waals surface area contributed by atoms with Crippen molar-refractivity contribution in [2.45, 2.75) is 130 Å². The summed E-state index contributed by atoms with van der Waals surface area (Å²) in [7, 11) is -6.16. The van der Waals surface area contributed by atoms with Crippen LogP contribution in [-0.4, -0.2) is 169 Å². The number of sulfonamides is 2. The average molecular weight is 1140 g/mol. The first-order chi connectivity index (χ1) is 37.9. The minimum absolute atomic E-state index is 0.00692. The van der Waals surface area contributed by atoms with Crippen molar-refractivity contribution in [3.63, 3.8) is 0 Å². The molecule has 0 saturated carbocycles. The fraction of sp³-hybridized carbons (Fsp3) is 0.536. The van der Waals surface area contributed by atoms with Gasteiger partial charge in [-0.3, -0.25) is 14.6 Å². The molecule has 23 heteroatoms. The quantitative estimate of drug-likeness (QED) is 0.0734. The Bertz CT molecular complexity index is 2780. The van der Waals surface area contributed by atoms with Crippen molar-refractivity contribution in [3.05, 3.63) is 120 Å². The molecule has 8 rings (SSSR count). The molecule has 0 bridgehead atoms. The molecule has 0 aromatic heterocycles. The van der Waals surface area contributed by atoms with Gasteiger partial charge in [0.2, 0.25) is 0 Å². The summed E-state index contributed by atoms with van der Waals surface area (Å²) in [6, 6.07) is 27.1. The molecule has 4 fully saturated rings. The van der Waals surface area contributed by atoms with E-state index in [9.17, 15) is 13.5 Å². The SMILES string of the molecule is COc1ccc(S(=O)(=O)N(CC(OC(=O)N[C@@H](Cc2ccccc2)[C@@H](O)CN(OC2CCOCC2)S(=O)(=O)c2ccc(OC)cc2)C(Cc2ccccc2)N(C(=O)O[C@H]2CO[C@H]3OCC[C@H]32)C(C)(C)C)OC2CCOCC2)cc1. The number of ether oxygens (including phenoxy) is 8. The van der Waals surface area contributed by atoms with Crippen molar-refractivity contribution in [1.29, 1.82) is 0 Å². The van der Waals surface area contributed by atoms with Crippen LogP contribution < -0.4 is 14.8 Å². The van der Waals surface area contributed by atoms with E-state index in [4.69, 9.17) is 47.6 Å². The van der Waals surface area contributed by atoms with E-state index in [0.717, 1.165) is 8.94 Å². The number of aliphatic hydroxyl groups excluding tert-OH is 1. The van der Waals surface area contributed by atoms with E-state index < -0.39 is 99.8 Å². The highest BCUT2D eigenvalue weighted by Gasteiger charge is 2.48. The van der Waals surface area contributed by atoms with Gasteiger partial charge in [0, 0.05) is 32.0 Å². The van der Waals surface area contributed by atoms with Crippen LogP contribution in [0.5, 0.6) is 11.5 Å². The minimum Gasteiger partial charge on any atom is -0.497 e. The van der Waals surface area contributed by atoms with Crippen LogP contribution in [0.1, 0.15) is 64.0 Å². The number of carbonyl (C=O) groups excluding carboxylic acids is 2. The maximum atomic E-state index is 15.2. The Hall–Kier alpha value is -5.44.